The second kappa shape index (κ2) is 10.9. The number of carbonyl (C=O) groups is 3. The van der Waals surface area contributed by atoms with Crippen LogP contribution < -0.4 is 10.2 Å². The Hall–Kier alpha value is -3.49. The van der Waals surface area contributed by atoms with Crippen LogP contribution >= 0.6 is 11.8 Å². The molecule has 0 saturated carbocycles. The van der Waals surface area contributed by atoms with Gasteiger partial charge in [-0.05, 0) is 43.4 Å². The molecule has 37 heavy (non-hydrogen) atoms. The third-order valence-corrected chi connectivity index (χ3v) is 8.26. The van der Waals surface area contributed by atoms with Gasteiger partial charge in [-0.15, -0.1) is 11.8 Å². The molecule has 0 unspecified atom stereocenters. The Morgan fingerprint density at radius 2 is 2.22 bits per heavy atom. The highest BCUT2D eigenvalue weighted by Gasteiger charge is 2.30. The molecule has 5 heterocycles. The number of hydrogen-bond donors (Lipinski definition) is 1. The van der Waals surface area contributed by atoms with E-state index in [0.29, 0.717) is 61.9 Å². The lowest BCUT2D eigenvalue weighted by Gasteiger charge is -2.29. The van der Waals surface area contributed by atoms with E-state index < -0.39 is 6.03 Å². The number of urea groups is 1. The van der Waals surface area contributed by atoms with Gasteiger partial charge in [0.05, 0.1) is 12.2 Å². The first-order valence-corrected chi connectivity index (χ1v) is 13.3. The molecule has 11 heteroatoms. The number of likely N-dealkylation sites (tertiary alicyclic amines) is 1. The van der Waals surface area contributed by atoms with Gasteiger partial charge in [0, 0.05) is 54.1 Å². The molecule has 2 saturated heterocycles. The molecule has 0 radical (unpaired) electrons. The van der Waals surface area contributed by atoms with Crippen LogP contribution in [0.25, 0.3) is 0 Å². The number of aromatic nitrogens is 2. The van der Waals surface area contributed by atoms with Gasteiger partial charge in [0.15, 0.2) is 6.29 Å². The number of aldehydes is 1. The smallest absolute Gasteiger partial charge is 0.328 e. The van der Waals surface area contributed by atoms with Crippen LogP contribution in [-0.2, 0) is 22.5 Å². The zero-order valence-corrected chi connectivity index (χ0v) is 21.4. The molecule has 1 N–H and O–H groups in total. The van der Waals surface area contributed by atoms with Gasteiger partial charge < -0.3 is 9.64 Å². The van der Waals surface area contributed by atoms with Gasteiger partial charge in [0.25, 0.3) is 0 Å². The molecule has 2 aromatic rings. The number of hydrogen-bond acceptors (Lipinski definition) is 8. The normalized spacial score (nSPS) is 21.0. The van der Waals surface area contributed by atoms with E-state index in [4.69, 9.17) is 4.74 Å². The zero-order chi connectivity index (χ0) is 25.9. The van der Waals surface area contributed by atoms with E-state index in [2.05, 4.69) is 21.4 Å². The summed E-state index contributed by atoms with van der Waals surface area (Å²) in [6.45, 7) is 4.69. The fourth-order valence-corrected chi connectivity index (χ4v) is 6.03. The van der Waals surface area contributed by atoms with Crippen molar-refractivity contribution in [2.75, 3.05) is 36.5 Å². The monoisotopic (exact) mass is 520 g/mol. The van der Waals surface area contributed by atoms with E-state index in [1.165, 1.54) is 11.1 Å². The Morgan fingerprint density at radius 3 is 2.92 bits per heavy atom. The molecule has 0 aromatic carbocycles. The molecule has 0 spiro atoms. The molecular weight excluding hydrogens is 492 g/mol. The van der Waals surface area contributed by atoms with Gasteiger partial charge in [0.2, 0.25) is 5.91 Å². The van der Waals surface area contributed by atoms with E-state index in [-0.39, 0.29) is 22.8 Å². The average Bonchev–Trinajstić information content (AvgIpc) is 3.53. The summed E-state index contributed by atoms with van der Waals surface area (Å²) < 4.78 is 5.44. The summed E-state index contributed by atoms with van der Waals surface area (Å²) >= 11 is 1.56. The summed E-state index contributed by atoms with van der Waals surface area (Å²) in [4.78, 5) is 50.4. The van der Waals surface area contributed by atoms with Crippen molar-refractivity contribution in [3.05, 3.63) is 40.7 Å². The summed E-state index contributed by atoms with van der Waals surface area (Å²) in [5, 5.41) is 12.6. The van der Waals surface area contributed by atoms with Crippen molar-refractivity contribution in [2.24, 2.45) is 5.92 Å². The quantitative estimate of drug-likeness (QED) is 0.574. The molecule has 5 rings (SSSR count). The van der Waals surface area contributed by atoms with Crippen LogP contribution in [0.1, 0.15) is 53.4 Å². The minimum atomic E-state index is -0.404. The molecule has 10 nitrogen and oxygen atoms in total. The average molecular weight is 521 g/mol. The second-order valence-corrected chi connectivity index (χ2v) is 10.9. The number of rotatable bonds is 6. The maximum atomic E-state index is 13.3. The van der Waals surface area contributed by atoms with Gasteiger partial charge in [-0.3, -0.25) is 19.8 Å². The fraction of sp³-hybridized carbons (Fsp3) is 0.462. The summed E-state index contributed by atoms with van der Waals surface area (Å²) in [6.07, 6.45) is 5.32. The van der Waals surface area contributed by atoms with Crippen LogP contribution in [0.2, 0.25) is 0 Å². The minimum Gasteiger partial charge on any atom is -0.380 e. The fourth-order valence-electron chi connectivity index (χ4n) is 4.89. The second-order valence-electron chi connectivity index (χ2n) is 9.55. The summed E-state index contributed by atoms with van der Waals surface area (Å²) in [5.74, 6) is 0.864. The first-order valence-electron chi connectivity index (χ1n) is 12.5. The SMILES string of the molecule is C[C@H]1CCN(Cc2cc3c(nc2C=O)N(C(=O)Nc2cc(S[C@H]4CCOC4)c(C#N)cn2)CCC3)C1=O. The van der Waals surface area contributed by atoms with Crippen LogP contribution in [0.15, 0.2) is 23.2 Å². The van der Waals surface area contributed by atoms with Gasteiger partial charge in [-0.1, -0.05) is 6.92 Å². The number of anilines is 2. The van der Waals surface area contributed by atoms with Crippen molar-refractivity contribution in [2.45, 2.75) is 49.3 Å². The van der Waals surface area contributed by atoms with Crippen LogP contribution in [-0.4, -0.2) is 64.6 Å². The molecule has 2 aromatic heterocycles. The first-order chi connectivity index (χ1) is 18.0. The molecule has 2 fully saturated rings. The van der Waals surface area contributed by atoms with E-state index in [9.17, 15) is 19.6 Å². The van der Waals surface area contributed by atoms with E-state index in [1.54, 1.807) is 22.7 Å². The van der Waals surface area contributed by atoms with Crippen LogP contribution in [0.3, 0.4) is 0 Å². The van der Waals surface area contributed by atoms with Crippen molar-refractivity contribution in [1.29, 1.82) is 5.26 Å². The predicted octanol–water partition coefficient (Wildman–Crippen LogP) is 3.39. The molecule has 0 aliphatic carbocycles. The first kappa shape index (κ1) is 25.2. The summed E-state index contributed by atoms with van der Waals surface area (Å²) in [6, 6.07) is 5.37. The largest absolute Gasteiger partial charge is 0.380 e. The van der Waals surface area contributed by atoms with Gasteiger partial charge in [-0.2, -0.15) is 5.26 Å². The molecule has 192 valence electrons. The number of nitriles is 1. The lowest BCUT2D eigenvalue weighted by atomic mass is 10.0. The van der Waals surface area contributed by atoms with Crippen molar-refractivity contribution in [3.8, 4) is 6.07 Å². The molecule has 3 amide bonds. The van der Waals surface area contributed by atoms with Crippen LogP contribution in [0, 0.1) is 17.2 Å². The topological polar surface area (TPSA) is 129 Å². The zero-order valence-electron chi connectivity index (χ0n) is 20.6. The van der Waals surface area contributed by atoms with Crippen molar-refractivity contribution >= 4 is 41.6 Å². The summed E-state index contributed by atoms with van der Waals surface area (Å²) in [7, 11) is 0. The van der Waals surface area contributed by atoms with Crippen molar-refractivity contribution in [1.82, 2.24) is 14.9 Å². The standard InChI is InChI=1S/C26H28N6O4S/c1-16-4-7-31(25(16)34)13-18-9-17-3-2-6-32(24(17)29-21(18)14-33)26(35)30-23-10-22(19(11-27)12-28-23)37-20-5-8-36-15-20/h9-10,12,14,16,20H,2-8,13,15H2,1H3,(H,28,30,35)/t16-,20-/m0/s1. The third kappa shape index (κ3) is 5.31. The van der Waals surface area contributed by atoms with Crippen LogP contribution in [0.5, 0.6) is 0 Å². The Balaban J connectivity index is 1.35. The Morgan fingerprint density at radius 1 is 1.35 bits per heavy atom. The van der Waals surface area contributed by atoms with Gasteiger partial charge in [0.1, 0.15) is 23.4 Å². The maximum absolute atomic E-state index is 13.3. The lowest BCUT2D eigenvalue weighted by molar-refractivity contribution is -0.131. The van der Waals surface area contributed by atoms with E-state index >= 15 is 0 Å². The number of nitrogens with one attached hydrogen (secondary N) is 1. The number of fused-ring (bicyclic) bond motifs is 1. The lowest BCUT2D eigenvalue weighted by Crippen LogP contribution is -2.40. The Labute approximate surface area is 219 Å². The number of ether oxygens (including phenoxy) is 1. The predicted molar refractivity (Wildman–Crippen MR) is 138 cm³/mol. The number of carbonyl (C=O) groups excluding carboxylic acids is 3. The highest BCUT2D eigenvalue weighted by Crippen LogP contribution is 2.33. The number of aryl methyl sites for hydroxylation is 1. The highest BCUT2D eigenvalue weighted by atomic mass is 32.2. The molecule has 3 aliphatic heterocycles. The minimum absolute atomic E-state index is 0.00861. The van der Waals surface area contributed by atoms with E-state index in [0.717, 1.165) is 36.1 Å². The molecule has 3 aliphatic rings. The number of thioether (sulfide) groups is 1. The number of pyridine rings is 2. The Bertz CT molecular complexity index is 1270. The Kier molecular flexibility index (Phi) is 7.39. The third-order valence-electron chi connectivity index (χ3n) is 6.96. The summed E-state index contributed by atoms with van der Waals surface area (Å²) in [5.41, 5.74) is 2.26. The van der Waals surface area contributed by atoms with Crippen molar-refractivity contribution in [3.63, 3.8) is 0 Å². The molecule has 2 atom stereocenters. The van der Waals surface area contributed by atoms with E-state index in [1.807, 2.05) is 13.0 Å². The highest BCUT2D eigenvalue weighted by molar-refractivity contribution is 8.00. The molecular formula is C26H28N6O4S. The maximum Gasteiger partial charge on any atom is 0.328 e. The van der Waals surface area contributed by atoms with Crippen LogP contribution in [0.4, 0.5) is 16.4 Å². The molecule has 0 bridgehead atoms. The van der Waals surface area contributed by atoms with Gasteiger partial charge in [-0.25, -0.2) is 14.8 Å². The number of amides is 3. The van der Waals surface area contributed by atoms with Gasteiger partial charge >= 0.3 is 6.03 Å². The number of nitrogens with zero attached hydrogens (tertiary/aromatic N) is 5. The van der Waals surface area contributed by atoms with Crippen molar-refractivity contribution < 1.29 is 19.1 Å².